The van der Waals surface area contributed by atoms with E-state index in [-0.39, 0.29) is 6.04 Å². The van der Waals surface area contributed by atoms with Gasteiger partial charge in [-0.15, -0.1) is 0 Å². The summed E-state index contributed by atoms with van der Waals surface area (Å²) in [7, 11) is 0. The first-order chi connectivity index (χ1) is 12.2. The summed E-state index contributed by atoms with van der Waals surface area (Å²) in [6.07, 6.45) is 3.66. The van der Waals surface area contributed by atoms with Crippen LogP contribution < -0.4 is 5.32 Å². The fourth-order valence-electron chi connectivity index (χ4n) is 3.27. The molecule has 0 aliphatic heterocycles. The number of H-pyrrole nitrogens is 1. The van der Waals surface area contributed by atoms with Gasteiger partial charge in [0.2, 0.25) is 0 Å². The van der Waals surface area contributed by atoms with Gasteiger partial charge in [-0.3, -0.25) is 4.98 Å². The van der Waals surface area contributed by atoms with Crippen molar-refractivity contribution in [3.63, 3.8) is 0 Å². The molecular weight excluding hydrogens is 308 g/mol. The molecule has 0 amide bonds. The number of benzene rings is 1. The van der Waals surface area contributed by atoms with E-state index in [1.54, 1.807) is 0 Å². The average Bonchev–Trinajstić information content (AvgIpc) is 2.96. The molecule has 1 aromatic carbocycles. The van der Waals surface area contributed by atoms with Crippen LogP contribution >= 0.6 is 0 Å². The Morgan fingerprint density at radius 3 is 2.56 bits per heavy atom. The van der Waals surface area contributed by atoms with Gasteiger partial charge in [-0.25, -0.2) is 4.98 Å². The van der Waals surface area contributed by atoms with Crippen LogP contribution in [0.25, 0.3) is 10.9 Å². The molecule has 4 aromatic rings. The van der Waals surface area contributed by atoms with Gasteiger partial charge in [-0.2, -0.15) is 0 Å². The van der Waals surface area contributed by atoms with Gasteiger partial charge in [-0.1, -0.05) is 24.3 Å². The van der Waals surface area contributed by atoms with Crippen LogP contribution in [0.3, 0.4) is 0 Å². The van der Waals surface area contributed by atoms with Crippen molar-refractivity contribution in [1.29, 1.82) is 0 Å². The number of nitrogens with one attached hydrogen (secondary N) is 2. The Kier molecular flexibility index (Phi) is 3.94. The average molecular weight is 328 g/mol. The molecule has 0 spiro atoms. The highest BCUT2D eigenvalue weighted by atomic mass is 15.0. The molecule has 2 N–H and O–H groups in total. The van der Waals surface area contributed by atoms with Gasteiger partial charge < -0.3 is 10.3 Å². The highest BCUT2D eigenvalue weighted by molar-refractivity contribution is 5.86. The number of aryl methyl sites for hydroxylation is 2. The van der Waals surface area contributed by atoms with Crippen LogP contribution in [0.15, 0.2) is 67.0 Å². The molecule has 4 nitrogen and oxygen atoms in total. The number of aromatic nitrogens is 3. The zero-order valence-corrected chi connectivity index (χ0v) is 14.3. The number of para-hydroxylation sites is 1. The monoisotopic (exact) mass is 328 g/mol. The molecule has 0 bridgehead atoms. The summed E-state index contributed by atoms with van der Waals surface area (Å²) in [6, 6.07) is 18.4. The van der Waals surface area contributed by atoms with Crippen LogP contribution in [0.4, 0.5) is 5.82 Å². The van der Waals surface area contributed by atoms with Gasteiger partial charge in [0, 0.05) is 34.6 Å². The molecule has 1 atom stereocenters. The molecule has 4 rings (SSSR count). The van der Waals surface area contributed by atoms with Crippen LogP contribution in [-0.2, 0) is 0 Å². The van der Waals surface area contributed by atoms with Crippen LogP contribution in [0.5, 0.6) is 0 Å². The first kappa shape index (κ1) is 15.4. The van der Waals surface area contributed by atoms with E-state index < -0.39 is 0 Å². The number of pyridine rings is 2. The van der Waals surface area contributed by atoms with Crippen molar-refractivity contribution in [2.45, 2.75) is 19.9 Å². The predicted octanol–water partition coefficient (Wildman–Crippen LogP) is 4.78. The fraction of sp³-hybridized carbons (Fsp3) is 0.143. The van der Waals surface area contributed by atoms with Gasteiger partial charge in [0.15, 0.2) is 0 Å². The molecule has 124 valence electrons. The number of nitrogens with zero attached hydrogens (tertiary/aromatic N) is 2. The Balaban J connectivity index is 1.87. The van der Waals surface area contributed by atoms with Crippen LogP contribution in [0.1, 0.15) is 28.6 Å². The molecule has 0 fully saturated rings. The highest BCUT2D eigenvalue weighted by Gasteiger charge is 2.22. The number of anilines is 1. The minimum atomic E-state index is -0.0772. The van der Waals surface area contributed by atoms with Crippen molar-refractivity contribution in [3.05, 3.63) is 89.5 Å². The van der Waals surface area contributed by atoms with Crippen LogP contribution in [-0.4, -0.2) is 15.0 Å². The number of hydrogen-bond donors (Lipinski definition) is 2. The zero-order valence-electron chi connectivity index (χ0n) is 14.3. The third kappa shape index (κ3) is 2.98. The standard InChI is InChI=1S/C21H20N4/c1-14-10-12-23-19(13-14)25-21(18-9-5-6-11-22-18)20-15(2)24-17-8-4-3-7-16(17)20/h3-13,21,24H,1-2H3,(H,23,25)/t21-/m1/s1. The van der Waals surface area contributed by atoms with Crippen molar-refractivity contribution < 1.29 is 0 Å². The lowest BCUT2D eigenvalue weighted by Crippen LogP contribution is -2.15. The van der Waals surface area contributed by atoms with Crippen molar-refractivity contribution in [2.24, 2.45) is 0 Å². The Morgan fingerprint density at radius 2 is 1.76 bits per heavy atom. The zero-order chi connectivity index (χ0) is 17.2. The predicted molar refractivity (Wildman–Crippen MR) is 102 cm³/mol. The minimum absolute atomic E-state index is 0.0772. The second kappa shape index (κ2) is 6.40. The van der Waals surface area contributed by atoms with E-state index in [2.05, 4.69) is 64.4 Å². The Morgan fingerprint density at radius 1 is 0.920 bits per heavy atom. The third-order valence-electron chi connectivity index (χ3n) is 4.42. The second-order valence-corrected chi connectivity index (χ2v) is 6.26. The van der Waals surface area contributed by atoms with E-state index in [1.165, 1.54) is 16.5 Å². The van der Waals surface area contributed by atoms with Crippen molar-refractivity contribution in [2.75, 3.05) is 5.32 Å². The molecule has 3 aromatic heterocycles. The van der Waals surface area contributed by atoms with E-state index in [9.17, 15) is 0 Å². The van der Waals surface area contributed by atoms with Gasteiger partial charge >= 0.3 is 0 Å². The largest absolute Gasteiger partial charge is 0.358 e. The minimum Gasteiger partial charge on any atom is -0.358 e. The molecule has 25 heavy (non-hydrogen) atoms. The van der Waals surface area contributed by atoms with E-state index in [4.69, 9.17) is 0 Å². The molecule has 0 saturated carbocycles. The number of fused-ring (bicyclic) bond motifs is 1. The topological polar surface area (TPSA) is 53.6 Å². The van der Waals surface area contributed by atoms with E-state index in [0.29, 0.717) is 0 Å². The Labute approximate surface area is 147 Å². The first-order valence-corrected chi connectivity index (χ1v) is 8.40. The van der Waals surface area contributed by atoms with E-state index in [0.717, 1.165) is 22.7 Å². The SMILES string of the molecule is Cc1ccnc(N[C@H](c2ccccn2)c2c(C)[nH]c3ccccc23)c1. The highest BCUT2D eigenvalue weighted by Crippen LogP contribution is 2.33. The molecule has 0 radical (unpaired) electrons. The van der Waals surface area contributed by atoms with Gasteiger partial charge in [0.1, 0.15) is 5.82 Å². The van der Waals surface area contributed by atoms with Crippen LogP contribution in [0, 0.1) is 13.8 Å². The maximum Gasteiger partial charge on any atom is 0.126 e. The second-order valence-electron chi connectivity index (χ2n) is 6.26. The number of rotatable bonds is 4. The molecule has 0 aliphatic carbocycles. The van der Waals surface area contributed by atoms with Gasteiger partial charge in [0.05, 0.1) is 11.7 Å². The van der Waals surface area contributed by atoms with Crippen molar-refractivity contribution in [1.82, 2.24) is 15.0 Å². The molecular formula is C21H20N4. The summed E-state index contributed by atoms with van der Waals surface area (Å²) < 4.78 is 0. The summed E-state index contributed by atoms with van der Waals surface area (Å²) in [5.74, 6) is 0.848. The molecule has 0 aliphatic rings. The van der Waals surface area contributed by atoms with Crippen molar-refractivity contribution in [3.8, 4) is 0 Å². The van der Waals surface area contributed by atoms with Crippen molar-refractivity contribution >= 4 is 16.7 Å². The summed E-state index contributed by atoms with van der Waals surface area (Å²) in [5, 5.41) is 4.78. The maximum atomic E-state index is 4.60. The number of aromatic amines is 1. The lowest BCUT2D eigenvalue weighted by Gasteiger charge is -2.20. The summed E-state index contributed by atoms with van der Waals surface area (Å²) >= 11 is 0. The Bertz CT molecular complexity index is 1000. The molecule has 0 unspecified atom stereocenters. The summed E-state index contributed by atoms with van der Waals surface area (Å²) in [4.78, 5) is 12.6. The molecule has 0 saturated heterocycles. The normalized spacial score (nSPS) is 12.2. The smallest absolute Gasteiger partial charge is 0.126 e. The quantitative estimate of drug-likeness (QED) is 0.567. The summed E-state index contributed by atoms with van der Waals surface area (Å²) in [6.45, 7) is 4.18. The fourth-order valence-corrected chi connectivity index (χ4v) is 3.27. The van der Waals surface area contributed by atoms with Crippen LogP contribution in [0.2, 0.25) is 0 Å². The lowest BCUT2D eigenvalue weighted by molar-refractivity contribution is 0.875. The lowest BCUT2D eigenvalue weighted by atomic mass is 9.99. The molecule has 4 heteroatoms. The summed E-state index contributed by atoms with van der Waals surface area (Å²) in [5.41, 5.74) is 5.62. The first-order valence-electron chi connectivity index (χ1n) is 8.40. The third-order valence-corrected chi connectivity index (χ3v) is 4.42. The Hall–Kier alpha value is -3.14. The van der Waals surface area contributed by atoms with Gasteiger partial charge in [0.25, 0.3) is 0 Å². The van der Waals surface area contributed by atoms with Gasteiger partial charge in [-0.05, 0) is 49.7 Å². The number of hydrogen-bond acceptors (Lipinski definition) is 3. The van der Waals surface area contributed by atoms with E-state index in [1.807, 2.05) is 36.7 Å². The van der Waals surface area contributed by atoms with E-state index >= 15 is 0 Å². The maximum absolute atomic E-state index is 4.60. The molecule has 3 heterocycles.